The number of nitrogens with zero attached hydrogens (tertiary/aromatic N) is 2. The summed E-state index contributed by atoms with van der Waals surface area (Å²) < 4.78 is 14.7. The van der Waals surface area contributed by atoms with E-state index in [1.54, 1.807) is 4.90 Å². The molecular weight excluding hydrogens is 373 g/mol. The molecule has 1 aliphatic rings. The largest absolute Gasteiger partial charge is 0.342 e. The lowest BCUT2D eigenvalue weighted by Gasteiger charge is -2.34. The van der Waals surface area contributed by atoms with Gasteiger partial charge in [-0.3, -0.25) is 14.2 Å². The van der Waals surface area contributed by atoms with Gasteiger partial charge in [0.15, 0.2) is 0 Å². The summed E-state index contributed by atoms with van der Waals surface area (Å²) in [6.07, 6.45) is 0.994. The van der Waals surface area contributed by atoms with Crippen LogP contribution in [-0.4, -0.2) is 33.4 Å². The lowest BCUT2D eigenvalue weighted by molar-refractivity contribution is -0.133. The molecule has 6 nitrogen and oxygen atoms in total. The highest BCUT2D eigenvalue weighted by Crippen LogP contribution is 2.24. The molecule has 4 rings (SSSR count). The van der Waals surface area contributed by atoms with E-state index in [1.807, 2.05) is 37.3 Å². The Balaban J connectivity index is 1.54. The molecule has 7 heteroatoms. The maximum atomic E-state index is 13.6. The minimum Gasteiger partial charge on any atom is -0.342 e. The number of likely N-dealkylation sites (tertiary alicyclic amines) is 1. The SMILES string of the molecule is C[C@@H](C(=O)N1CCC(n2c(=O)[nH]c3ccc(F)cc3c2=O)CC1)c1ccccc1. The Morgan fingerprint density at radius 1 is 1.10 bits per heavy atom. The van der Waals surface area contributed by atoms with Gasteiger partial charge in [0, 0.05) is 19.1 Å². The number of benzene rings is 2. The van der Waals surface area contributed by atoms with Gasteiger partial charge >= 0.3 is 5.69 Å². The number of hydrogen-bond donors (Lipinski definition) is 1. The summed E-state index contributed by atoms with van der Waals surface area (Å²) in [6, 6.07) is 13.0. The maximum absolute atomic E-state index is 13.6. The third kappa shape index (κ3) is 3.60. The Hall–Kier alpha value is -3.22. The summed E-state index contributed by atoms with van der Waals surface area (Å²) in [5.41, 5.74) is 0.285. The Labute approximate surface area is 166 Å². The molecule has 2 heterocycles. The van der Waals surface area contributed by atoms with Crippen LogP contribution in [-0.2, 0) is 4.79 Å². The van der Waals surface area contributed by atoms with Crippen molar-refractivity contribution < 1.29 is 9.18 Å². The predicted molar refractivity (Wildman–Crippen MR) is 108 cm³/mol. The van der Waals surface area contributed by atoms with Gasteiger partial charge in [-0.1, -0.05) is 30.3 Å². The number of aromatic nitrogens is 2. The summed E-state index contributed by atoms with van der Waals surface area (Å²) in [5, 5.41) is 0.154. The van der Waals surface area contributed by atoms with Crippen LogP contribution in [0.4, 0.5) is 4.39 Å². The molecule has 3 aromatic rings. The van der Waals surface area contributed by atoms with Crippen molar-refractivity contribution in [3.8, 4) is 0 Å². The lowest BCUT2D eigenvalue weighted by Crippen LogP contribution is -2.45. The van der Waals surface area contributed by atoms with E-state index in [0.717, 1.165) is 11.6 Å². The molecule has 150 valence electrons. The number of piperidine rings is 1. The summed E-state index contributed by atoms with van der Waals surface area (Å²) in [4.78, 5) is 42.6. The number of hydrogen-bond acceptors (Lipinski definition) is 3. The van der Waals surface area contributed by atoms with Gasteiger partial charge in [-0.05, 0) is 43.5 Å². The van der Waals surface area contributed by atoms with Gasteiger partial charge in [0.1, 0.15) is 5.82 Å². The first-order valence-electron chi connectivity index (χ1n) is 9.73. The zero-order valence-electron chi connectivity index (χ0n) is 16.1. The van der Waals surface area contributed by atoms with Gasteiger partial charge in [0.05, 0.1) is 16.8 Å². The maximum Gasteiger partial charge on any atom is 0.329 e. The van der Waals surface area contributed by atoms with Gasteiger partial charge in [-0.25, -0.2) is 9.18 Å². The zero-order valence-corrected chi connectivity index (χ0v) is 16.1. The van der Waals surface area contributed by atoms with Crippen LogP contribution in [0.1, 0.15) is 37.3 Å². The van der Waals surface area contributed by atoms with Gasteiger partial charge in [0.2, 0.25) is 5.91 Å². The van der Waals surface area contributed by atoms with Crippen molar-refractivity contribution in [2.45, 2.75) is 31.7 Å². The fraction of sp³-hybridized carbons (Fsp3) is 0.318. The highest BCUT2D eigenvalue weighted by Gasteiger charge is 2.29. The third-order valence-electron chi connectivity index (χ3n) is 5.70. The van der Waals surface area contributed by atoms with Crippen LogP contribution in [0.5, 0.6) is 0 Å². The number of amides is 1. The fourth-order valence-electron chi connectivity index (χ4n) is 4.03. The number of H-pyrrole nitrogens is 1. The average Bonchev–Trinajstić information content (AvgIpc) is 2.74. The lowest BCUT2D eigenvalue weighted by atomic mass is 9.97. The second-order valence-corrected chi connectivity index (χ2v) is 7.48. The van der Waals surface area contributed by atoms with Crippen LogP contribution in [0.3, 0.4) is 0 Å². The van der Waals surface area contributed by atoms with E-state index < -0.39 is 17.1 Å². The molecule has 29 heavy (non-hydrogen) atoms. The van der Waals surface area contributed by atoms with Crippen molar-refractivity contribution in [2.24, 2.45) is 0 Å². The molecule has 0 saturated carbocycles. The summed E-state index contributed by atoms with van der Waals surface area (Å²) in [6.45, 7) is 2.82. The summed E-state index contributed by atoms with van der Waals surface area (Å²) in [7, 11) is 0. The summed E-state index contributed by atoms with van der Waals surface area (Å²) >= 11 is 0. The first-order valence-corrected chi connectivity index (χ1v) is 9.73. The Bertz CT molecular complexity index is 1160. The van der Waals surface area contributed by atoms with Gasteiger partial charge in [-0.15, -0.1) is 0 Å². The van der Waals surface area contributed by atoms with Crippen molar-refractivity contribution in [1.82, 2.24) is 14.5 Å². The molecule has 1 saturated heterocycles. The van der Waals surface area contributed by atoms with Crippen molar-refractivity contribution in [2.75, 3.05) is 13.1 Å². The molecular formula is C22H22FN3O3. The standard InChI is InChI=1S/C22H22FN3O3/c1-14(15-5-3-2-4-6-15)20(27)25-11-9-17(10-12-25)26-21(28)18-13-16(23)7-8-19(18)24-22(26)29/h2-8,13-14,17H,9-12H2,1H3,(H,24,29)/t14-/m1/s1. The van der Waals surface area contributed by atoms with E-state index in [-0.39, 0.29) is 23.3 Å². The minimum absolute atomic E-state index is 0.0384. The summed E-state index contributed by atoms with van der Waals surface area (Å²) in [5.74, 6) is -0.734. The fourth-order valence-corrected chi connectivity index (χ4v) is 4.03. The molecule has 0 radical (unpaired) electrons. The van der Waals surface area contributed by atoms with Crippen molar-refractivity contribution in [1.29, 1.82) is 0 Å². The molecule has 1 aromatic heterocycles. The number of aromatic amines is 1. The second kappa shape index (κ2) is 7.66. The van der Waals surface area contributed by atoms with Crippen LogP contribution in [0.2, 0.25) is 0 Å². The molecule has 1 fully saturated rings. The van der Waals surface area contributed by atoms with Crippen LogP contribution >= 0.6 is 0 Å². The van der Waals surface area contributed by atoms with E-state index in [2.05, 4.69) is 4.98 Å². The second-order valence-electron chi connectivity index (χ2n) is 7.48. The third-order valence-corrected chi connectivity index (χ3v) is 5.70. The number of carbonyl (C=O) groups excluding carboxylic acids is 1. The molecule has 0 unspecified atom stereocenters. The topological polar surface area (TPSA) is 75.2 Å². The van der Waals surface area contributed by atoms with Crippen LogP contribution < -0.4 is 11.2 Å². The van der Waals surface area contributed by atoms with E-state index in [9.17, 15) is 18.8 Å². The van der Waals surface area contributed by atoms with Crippen LogP contribution in [0, 0.1) is 5.82 Å². The molecule has 1 amide bonds. The molecule has 1 atom stereocenters. The highest BCUT2D eigenvalue weighted by atomic mass is 19.1. The normalized spacial score (nSPS) is 16.1. The van der Waals surface area contributed by atoms with Gasteiger partial charge < -0.3 is 9.88 Å². The van der Waals surface area contributed by atoms with Crippen molar-refractivity contribution in [3.63, 3.8) is 0 Å². The van der Waals surface area contributed by atoms with E-state index >= 15 is 0 Å². The Morgan fingerprint density at radius 2 is 1.79 bits per heavy atom. The quantitative estimate of drug-likeness (QED) is 0.741. The molecule has 0 bridgehead atoms. The zero-order chi connectivity index (χ0) is 20.5. The number of fused-ring (bicyclic) bond motifs is 1. The molecule has 1 N–H and O–H groups in total. The molecule has 0 aliphatic carbocycles. The van der Waals surface area contributed by atoms with E-state index in [1.165, 1.54) is 16.7 Å². The number of rotatable bonds is 3. The van der Waals surface area contributed by atoms with Gasteiger partial charge in [-0.2, -0.15) is 0 Å². The predicted octanol–water partition coefficient (Wildman–Crippen LogP) is 2.80. The van der Waals surface area contributed by atoms with Crippen LogP contribution in [0.15, 0.2) is 58.1 Å². The van der Waals surface area contributed by atoms with Crippen LogP contribution in [0.25, 0.3) is 10.9 Å². The van der Waals surface area contributed by atoms with E-state index in [0.29, 0.717) is 31.4 Å². The Morgan fingerprint density at radius 3 is 2.48 bits per heavy atom. The highest BCUT2D eigenvalue weighted by molar-refractivity contribution is 5.83. The minimum atomic E-state index is -0.525. The average molecular weight is 395 g/mol. The monoisotopic (exact) mass is 395 g/mol. The first-order chi connectivity index (χ1) is 14.0. The number of nitrogens with one attached hydrogen (secondary N) is 1. The number of carbonyl (C=O) groups is 1. The molecule has 0 spiro atoms. The first kappa shape index (κ1) is 19.1. The Kier molecular flexibility index (Phi) is 5.05. The molecule has 2 aromatic carbocycles. The van der Waals surface area contributed by atoms with Crippen molar-refractivity contribution >= 4 is 16.8 Å². The molecule has 1 aliphatic heterocycles. The number of halogens is 1. The van der Waals surface area contributed by atoms with E-state index in [4.69, 9.17) is 0 Å². The van der Waals surface area contributed by atoms with Gasteiger partial charge in [0.25, 0.3) is 5.56 Å². The van der Waals surface area contributed by atoms with Crippen molar-refractivity contribution in [3.05, 3.63) is 80.7 Å². The smallest absolute Gasteiger partial charge is 0.329 e.